The van der Waals surface area contributed by atoms with E-state index in [9.17, 15) is 0 Å². The Labute approximate surface area is 125 Å². The fourth-order valence-corrected chi connectivity index (χ4v) is 2.36. The minimum absolute atomic E-state index is 1.12. The molecule has 0 radical (unpaired) electrons. The minimum Gasteiger partial charge on any atom is -0.348 e. The van der Waals surface area contributed by atoms with Gasteiger partial charge in [0.05, 0.1) is 0 Å². The maximum absolute atomic E-state index is 8.06. The highest BCUT2D eigenvalue weighted by Crippen LogP contribution is 2.12. The Morgan fingerprint density at radius 2 is 1.20 bits per heavy atom. The van der Waals surface area contributed by atoms with Crippen LogP contribution in [0.1, 0.15) is 90.4 Å². The van der Waals surface area contributed by atoms with Crippen molar-refractivity contribution >= 4 is 0 Å². The standard InChI is InChI=1S/C18H34O2/c1-2-3-4-5-6-7-8-9-10-11-12-13-14-15-16-17-18-20-19/h15-19H,2-14H2,1H3/b16-15+,18-17+. The molecule has 0 saturated heterocycles. The number of allylic oxidation sites excluding steroid dienone is 3. The highest BCUT2D eigenvalue weighted by molar-refractivity contribution is 4.99. The minimum atomic E-state index is 1.12. The van der Waals surface area contributed by atoms with Crippen molar-refractivity contribution in [2.45, 2.75) is 90.4 Å². The summed E-state index contributed by atoms with van der Waals surface area (Å²) in [6.45, 7) is 2.27. The molecule has 0 saturated carbocycles. The normalized spacial score (nSPS) is 11.7. The summed E-state index contributed by atoms with van der Waals surface area (Å²) < 4.78 is 0. The van der Waals surface area contributed by atoms with Gasteiger partial charge in [-0.05, 0) is 18.9 Å². The molecule has 0 aromatic heterocycles. The van der Waals surface area contributed by atoms with Crippen molar-refractivity contribution in [3.05, 3.63) is 24.5 Å². The molecule has 0 spiro atoms. The maximum Gasteiger partial charge on any atom is 0.129 e. The number of hydrogen-bond donors (Lipinski definition) is 1. The molecule has 0 aliphatic heterocycles. The second kappa shape index (κ2) is 18.2. The third-order valence-corrected chi connectivity index (χ3v) is 3.61. The van der Waals surface area contributed by atoms with Gasteiger partial charge in [-0.3, -0.25) is 0 Å². The van der Waals surface area contributed by atoms with Gasteiger partial charge in [-0.2, -0.15) is 0 Å². The van der Waals surface area contributed by atoms with Crippen molar-refractivity contribution in [3.8, 4) is 0 Å². The quantitative estimate of drug-likeness (QED) is 0.120. The van der Waals surface area contributed by atoms with Crippen LogP contribution in [0.5, 0.6) is 0 Å². The van der Waals surface area contributed by atoms with Crippen LogP contribution in [0.25, 0.3) is 0 Å². The van der Waals surface area contributed by atoms with Crippen LogP contribution >= 0.6 is 0 Å². The molecule has 2 nitrogen and oxygen atoms in total. The van der Waals surface area contributed by atoms with Crippen molar-refractivity contribution in [2.24, 2.45) is 0 Å². The van der Waals surface area contributed by atoms with Gasteiger partial charge in [0.2, 0.25) is 0 Å². The summed E-state index contributed by atoms with van der Waals surface area (Å²) in [6, 6.07) is 0. The zero-order valence-corrected chi connectivity index (χ0v) is 13.4. The highest BCUT2D eigenvalue weighted by Gasteiger charge is 1.92. The van der Waals surface area contributed by atoms with Crippen LogP contribution in [0, 0.1) is 0 Å². The van der Waals surface area contributed by atoms with Gasteiger partial charge in [0, 0.05) is 0 Å². The monoisotopic (exact) mass is 282 g/mol. The Morgan fingerprint density at radius 3 is 1.70 bits per heavy atom. The summed E-state index contributed by atoms with van der Waals surface area (Å²) in [7, 11) is 0. The van der Waals surface area contributed by atoms with E-state index in [0.29, 0.717) is 0 Å². The molecule has 2 heteroatoms. The lowest BCUT2D eigenvalue weighted by Crippen LogP contribution is -1.82. The lowest BCUT2D eigenvalue weighted by Gasteiger charge is -2.02. The smallest absolute Gasteiger partial charge is 0.129 e. The maximum atomic E-state index is 8.06. The molecule has 0 rings (SSSR count). The number of rotatable bonds is 15. The van der Waals surface area contributed by atoms with E-state index in [0.717, 1.165) is 6.42 Å². The van der Waals surface area contributed by atoms with Crippen LogP contribution in [0.4, 0.5) is 0 Å². The fraction of sp³-hybridized carbons (Fsp3) is 0.778. The van der Waals surface area contributed by atoms with E-state index in [1.807, 2.05) is 6.08 Å². The average molecular weight is 282 g/mol. The first-order valence-corrected chi connectivity index (χ1v) is 8.53. The summed E-state index contributed by atoms with van der Waals surface area (Å²) >= 11 is 0. The zero-order valence-electron chi connectivity index (χ0n) is 13.4. The molecule has 0 aromatic carbocycles. The molecule has 0 aromatic rings. The van der Waals surface area contributed by atoms with Gasteiger partial charge in [0.1, 0.15) is 6.26 Å². The number of hydrogen-bond acceptors (Lipinski definition) is 2. The first-order chi connectivity index (χ1) is 9.91. The Balaban J connectivity index is 3.02. The molecule has 0 heterocycles. The Hall–Kier alpha value is -0.760. The van der Waals surface area contributed by atoms with E-state index in [1.54, 1.807) is 6.08 Å². The van der Waals surface area contributed by atoms with Gasteiger partial charge in [-0.15, -0.1) is 0 Å². The molecule has 0 amide bonds. The first-order valence-electron chi connectivity index (χ1n) is 8.53. The van der Waals surface area contributed by atoms with Crippen LogP contribution in [0.3, 0.4) is 0 Å². The lowest BCUT2D eigenvalue weighted by molar-refractivity contribution is -0.186. The molecule has 20 heavy (non-hydrogen) atoms. The van der Waals surface area contributed by atoms with E-state index in [-0.39, 0.29) is 0 Å². The molecule has 0 fully saturated rings. The van der Waals surface area contributed by atoms with Crippen molar-refractivity contribution in [3.63, 3.8) is 0 Å². The fourth-order valence-electron chi connectivity index (χ4n) is 2.36. The van der Waals surface area contributed by atoms with Crippen LogP contribution in [-0.4, -0.2) is 5.26 Å². The van der Waals surface area contributed by atoms with Crippen molar-refractivity contribution in [1.29, 1.82) is 0 Å². The zero-order chi connectivity index (χ0) is 14.7. The van der Waals surface area contributed by atoms with Crippen molar-refractivity contribution in [1.82, 2.24) is 0 Å². The second-order valence-corrected chi connectivity index (χ2v) is 5.54. The van der Waals surface area contributed by atoms with Crippen LogP contribution in [0.15, 0.2) is 24.5 Å². The predicted molar refractivity (Wildman–Crippen MR) is 87.7 cm³/mol. The molecule has 118 valence electrons. The van der Waals surface area contributed by atoms with E-state index < -0.39 is 0 Å². The molecule has 0 atom stereocenters. The summed E-state index contributed by atoms with van der Waals surface area (Å²) in [5.74, 6) is 0. The predicted octanol–water partition coefficient (Wildman–Crippen LogP) is 6.64. The highest BCUT2D eigenvalue weighted by atomic mass is 17.1. The largest absolute Gasteiger partial charge is 0.348 e. The van der Waals surface area contributed by atoms with Gasteiger partial charge in [0.15, 0.2) is 0 Å². The Morgan fingerprint density at radius 1 is 0.700 bits per heavy atom. The molecular formula is C18H34O2. The van der Waals surface area contributed by atoms with E-state index in [1.165, 1.54) is 83.3 Å². The van der Waals surface area contributed by atoms with E-state index in [4.69, 9.17) is 5.26 Å². The molecule has 0 unspecified atom stereocenters. The van der Waals surface area contributed by atoms with Crippen molar-refractivity contribution < 1.29 is 10.1 Å². The third-order valence-electron chi connectivity index (χ3n) is 3.61. The summed E-state index contributed by atoms with van der Waals surface area (Å²) in [4.78, 5) is 3.83. The van der Waals surface area contributed by atoms with E-state index >= 15 is 0 Å². The average Bonchev–Trinajstić information content (AvgIpc) is 2.47. The SMILES string of the molecule is CCCCCCCCCCCCCC/C=C/C=C/OO. The van der Waals surface area contributed by atoms with Gasteiger partial charge in [-0.1, -0.05) is 89.7 Å². The van der Waals surface area contributed by atoms with Crippen LogP contribution in [-0.2, 0) is 4.89 Å². The molecular weight excluding hydrogens is 248 g/mol. The topological polar surface area (TPSA) is 29.5 Å². The van der Waals surface area contributed by atoms with Crippen molar-refractivity contribution in [2.75, 3.05) is 0 Å². The summed E-state index contributed by atoms with van der Waals surface area (Å²) in [5, 5.41) is 8.06. The van der Waals surface area contributed by atoms with Gasteiger partial charge < -0.3 is 4.89 Å². The Kier molecular flexibility index (Phi) is 17.5. The van der Waals surface area contributed by atoms with Gasteiger partial charge >= 0.3 is 0 Å². The lowest BCUT2D eigenvalue weighted by atomic mass is 10.0. The van der Waals surface area contributed by atoms with Crippen LogP contribution < -0.4 is 0 Å². The number of unbranched alkanes of at least 4 members (excludes halogenated alkanes) is 12. The molecule has 0 bridgehead atoms. The summed E-state index contributed by atoms with van der Waals surface area (Å²) in [5.41, 5.74) is 0. The Bertz CT molecular complexity index is 221. The molecule has 1 N–H and O–H groups in total. The van der Waals surface area contributed by atoms with Gasteiger partial charge in [-0.25, -0.2) is 5.26 Å². The second-order valence-electron chi connectivity index (χ2n) is 5.54. The van der Waals surface area contributed by atoms with Crippen LogP contribution in [0.2, 0.25) is 0 Å². The third kappa shape index (κ3) is 17.2. The van der Waals surface area contributed by atoms with E-state index in [2.05, 4.69) is 17.9 Å². The summed E-state index contributed by atoms with van der Waals surface area (Å²) in [6.07, 6.45) is 24.8. The molecule has 0 aliphatic carbocycles. The van der Waals surface area contributed by atoms with Gasteiger partial charge in [0.25, 0.3) is 0 Å². The molecule has 0 aliphatic rings. The first kappa shape index (κ1) is 19.2.